The fraction of sp³-hybridized carbons (Fsp3) is 0.312. The van der Waals surface area contributed by atoms with Crippen molar-refractivity contribution < 1.29 is 27.9 Å². The van der Waals surface area contributed by atoms with E-state index in [-0.39, 0.29) is 17.0 Å². The molecule has 1 amide bonds. The van der Waals surface area contributed by atoms with Gasteiger partial charge in [0.2, 0.25) is 10.0 Å². The molecule has 220 valence electrons. The van der Waals surface area contributed by atoms with Crippen LogP contribution in [0, 0.1) is 0 Å². The number of fused-ring (bicyclic) bond motifs is 2. The van der Waals surface area contributed by atoms with E-state index in [1.165, 1.54) is 33.7 Å². The number of anilines is 1. The predicted molar refractivity (Wildman–Crippen MR) is 161 cm³/mol. The maximum Gasteiger partial charge on any atom is 0.418 e. The molecule has 2 heterocycles. The molecular formula is C32H35N3O6S. The van der Waals surface area contributed by atoms with Gasteiger partial charge in [0, 0.05) is 22.7 Å². The van der Waals surface area contributed by atoms with Gasteiger partial charge < -0.3 is 14.7 Å². The van der Waals surface area contributed by atoms with Gasteiger partial charge in [-0.2, -0.15) is 0 Å². The van der Waals surface area contributed by atoms with E-state index in [2.05, 4.69) is 4.72 Å². The van der Waals surface area contributed by atoms with Crippen molar-refractivity contribution in [2.75, 3.05) is 4.90 Å². The van der Waals surface area contributed by atoms with Crippen LogP contribution in [0.15, 0.2) is 83.9 Å². The van der Waals surface area contributed by atoms with Crippen LogP contribution in [0.1, 0.15) is 58.2 Å². The zero-order valence-electron chi connectivity index (χ0n) is 24.5. The minimum Gasteiger partial charge on any atom is -0.443 e. The smallest absolute Gasteiger partial charge is 0.418 e. The molecular weight excluding hydrogens is 554 g/mol. The minimum absolute atomic E-state index is 0.0342. The minimum atomic E-state index is -3.79. The van der Waals surface area contributed by atoms with Gasteiger partial charge in [0.25, 0.3) is 5.91 Å². The Morgan fingerprint density at radius 2 is 1.62 bits per heavy atom. The topological polar surface area (TPSA) is 118 Å². The number of carbonyl (C=O) groups is 2. The molecule has 9 nitrogen and oxygen atoms in total. The molecule has 0 saturated carbocycles. The summed E-state index contributed by atoms with van der Waals surface area (Å²) < 4.78 is 35.1. The number of para-hydroxylation sites is 1. The van der Waals surface area contributed by atoms with Gasteiger partial charge in [-0.05, 0) is 89.1 Å². The molecule has 0 fully saturated rings. The first-order valence-corrected chi connectivity index (χ1v) is 15.1. The van der Waals surface area contributed by atoms with E-state index in [1.54, 1.807) is 78.1 Å². The monoisotopic (exact) mass is 589 g/mol. The van der Waals surface area contributed by atoms with Crippen molar-refractivity contribution in [2.45, 2.75) is 69.7 Å². The Balaban J connectivity index is 1.45. The summed E-state index contributed by atoms with van der Waals surface area (Å²) in [5, 5.41) is 12.7. The van der Waals surface area contributed by atoms with Gasteiger partial charge >= 0.3 is 6.09 Å². The molecule has 0 bridgehead atoms. The fourth-order valence-electron chi connectivity index (χ4n) is 5.15. The number of aromatic nitrogens is 1. The molecule has 1 atom stereocenters. The lowest BCUT2D eigenvalue weighted by molar-refractivity contribution is -0.132. The zero-order chi connectivity index (χ0) is 30.7. The number of amides is 1. The van der Waals surface area contributed by atoms with Crippen LogP contribution in [-0.2, 0) is 31.7 Å². The summed E-state index contributed by atoms with van der Waals surface area (Å²) >= 11 is 0. The summed E-state index contributed by atoms with van der Waals surface area (Å²) in [6.45, 7) is 10.8. The molecule has 4 aromatic rings. The Morgan fingerprint density at radius 3 is 2.26 bits per heavy atom. The Morgan fingerprint density at radius 1 is 0.952 bits per heavy atom. The molecule has 5 rings (SSSR count). The molecule has 1 aliphatic heterocycles. The average Bonchev–Trinajstić information content (AvgIpc) is 3.40. The van der Waals surface area contributed by atoms with E-state index in [1.807, 2.05) is 18.2 Å². The molecule has 0 spiro atoms. The summed E-state index contributed by atoms with van der Waals surface area (Å²) in [6.07, 6.45) is 1.17. The lowest BCUT2D eigenvalue weighted by Crippen LogP contribution is -2.41. The molecule has 0 saturated heterocycles. The first-order valence-electron chi connectivity index (χ1n) is 13.6. The second-order valence-electron chi connectivity index (χ2n) is 12.6. The summed E-state index contributed by atoms with van der Waals surface area (Å²) in [7, 11) is -3.79. The maximum atomic E-state index is 13.9. The normalized spacial score (nSPS) is 17.5. The van der Waals surface area contributed by atoms with Crippen LogP contribution in [0.2, 0.25) is 0 Å². The quantitative estimate of drug-likeness (QED) is 0.327. The van der Waals surface area contributed by atoms with Crippen molar-refractivity contribution in [1.29, 1.82) is 0 Å². The first kappa shape index (κ1) is 29.5. The van der Waals surface area contributed by atoms with Gasteiger partial charge in [-0.15, -0.1) is 0 Å². The molecule has 3 aromatic carbocycles. The van der Waals surface area contributed by atoms with Gasteiger partial charge in [0.1, 0.15) is 5.60 Å². The second kappa shape index (κ2) is 10.1. The predicted octanol–water partition coefficient (Wildman–Crippen LogP) is 5.28. The van der Waals surface area contributed by atoms with Crippen molar-refractivity contribution in [2.24, 2.45) is 0 Å². The Hall–Kier alpha value is -3.99. The van der Waals surface area contributed by atoms with E-state index in [0.717, 1.165) is 10.9 Å². The van der Waals surface area contributed by atoms with E-state index in [9.17, 15) is 23.1 Å². The van der Waals surface area contributed by atoms with Crippen LogP contribution < -0.4 is 9.62 Å². The number of aliphatic hydroxyl groups is 1. The number of sulfonamides is 1. The standard InChI is InChI=1S/C32H35N3O6S/c1-30(2,3)33-42(39,40)24-14-12-23(13-15-24)32(38)25-9-7-8-10-27(25)35(28(32)36)20-21-11-16-26-22(19-21)17-18-34(26)29(37)41-31(4,5)6/h7-19,33,38H,20H2,1-6H3. The van der Waals surface area contributed by atoms with Crippen LogP contribution in [-0.4, -0.2) is 41.2 Å². The van der Waals surface area contributed by atoms with E-state index < -0.39 is 38.8 Å². The lowest BCUT2D eigenvalue weighted by atomic mass is 9.87. The molecule has 1 aliphatic rings. The van der Waals surface area contributed by atoms with Crippen LogP contribution in [0.4, 0.5) is 10.5 Å². The number of carbonyl (C=O) groups excluding carboxylic acids is 2. The summed E-state index contributed by atoms with van der Waals surface area (Å²) in [5.41, 5.74) is -0.593. The third-order valence-corrected chi connectivity index (χ3v) is 8.62. The van der Waals surface area contributed by atoms with Crippen molar-refractivity contribution in [3.05, 3.63) is 95.7 Å². The maximum absolute atomic E-state index is 13.9. The highest BCUT2D eigenvalue weighted by atomic mass is 32.2. The summed E-state index contributed by atoms with van der Waals surface area (Å²) in [5.74, 6) is -0.543. The van der Waals surface area contributed by atoms with Gasteiger partial charge in [-0.3, -0.25) is 9.36 Å². The average molecular weight is 590 g/mol. The van der Waals surface area contributed by atoms with Crippen LogP contribution in [0.25, 0.3) is 10.9 Å². The molecule has 1 aromatic heterocycles. The van der Waals surface area contributed by atoms with Crippen LogP contribution in [0.3, 0.4) is 0 Å². The highest BCUT2D eigenvalue weighted by Crippen LogP contribution is 2.45. The third kappa shape index (κ3) is 5.45. The third-order valence-electron chi connectivity index (χ3n) is 6.85. The van der Waals surface area contributed by atoms with Gasteiger partial charge in [0.05, 0.1) is 22.6 Å². The highest BCUT2D eigenvalue weighted by molar-refractivity contribution is 7.89. The molecule has 0 radical (unpaired) electrons. The lowest BCUT2D eigenvalue weighted by Gasteiger charge is -2.24. The van der Waals surface area contributed by atoms with E-state index in [4.69, 9.17) is 4.74 Å². The summed E-state index contributed by atoms with van der Waals surface area (Å²) in [4.78, 5) is 28.1. The fourth-order valence-corrected chi connectivity index (χ4v) is 6.57. The number of hydrogen-bond acceptors (Lipinski definition) is 6. The van der Waals surface area contributed by atoms with Gasteiger partial charge in [0.15, 0.2) is 5.60 Å². The zero-order valence-corrected chi connectivity index (χ0v) is 25.3. The van der Waals surface area contributed by atoms with E-state index in [0.29, 0.717) is 16.8 Å². The highest BCUT2D eigenvalue weighted by Gasteiger charge is 2.51. The number of ether oxygens (including phenoxy) is 1. The van der Waals surface area contributed by atoms with Crippen molar-refractivity contribution >= 4 is 38.6 Å². The number of rotatable bonds is 5. The number of nitrogens with zero attached hydrogens (tertiary/aromatic N) is 2. The van der Waals surface area contributed by atoms with E-state index >= 15 is 0 Å². The Labute approximate surface area is 245 Å². The largest absolute Gasteiger partial charge is 0.443 e. The molecule has 10 heteroatoms. The number of nitrogens with one attached hydrogen (secondary N) is 1. The molecule has 42 heavy (non-hydrogen) atoms. The van der Waals surface area contributed by atoms with Crippen molar-refractivity contribution in [3.63, 3.8) is 0 Å². The molecule has 0 aliphatic carbocycles. The molecule has 1 unspecified atom stereocenters. The van der Waals surface area contributed by atoms with Crippen molar-refractivity contribution in [1.82, 2.24) is 9.29 Å². The summed E-state index contributed by atoms with van der Waals surface area (Å²) in [6, 6.07) is 20.1. The Kier molecular flexibility index (Phi) is 7.08. The number of hydrogen-bond donors (Lipinski definition) is 2. The van der Waals surface area contributed by atoms with Gasteiger partial charge in [-0.25, -0.2) is 17.9 Å². The SMILES string of the molecule is CC(C)(C)NS(=O)(=O)c1ccc(C2(O)C(=O)N(Cc3ccc4c(ccn4C(=O)OC(C)(C)C)c3)c3ccccc32)cc1. The first-order chi connectivity index (χ1) is 19.5. The number of benzene rings is 3. The molecule has 2 N–H and O–H groups in total. The second-order valence-corrected chi connectivity index (χ2v) is 14.2. The van der Waals surface area contributed by atoms with Crippen LogP contribution >= 0.6 is 0 Å². The van der Waals surface area contributed by atoms with Crippen LogP contribution in [0.5, 0.6) is 0 Å². The van der Waals surface area contributed by atoms with Crippen molar-refractivity contribution in [3.8, 4) is 0 Å². The van der Waals surface area contributed by atoms with Gasteiger partial charge in [-0.1, -0.05) is 36.4 Å². The Bertz CT molecular complexity index is 1800.